The number of allylic oxidation sites excluding steroid dienone is 2. The summed E-state index contributed by atoms with van der Waals surface area (Å²) < 4.78 is 0. The minimum absolute atomic E-state index is 0.188. The molecule has 1 fully saturated rings. The first-order valence-corrected chi connectivity index (χ1v) is 3.93. The van der Waals surface area contributed by atoms with Crippen molar-refractivity contribution >= 4 is 0 Å². The average molecular weight is 150 g/mol. The van der Waals surface area contributed by atoms with Crippen molar-refractivity contribution in [2.45, 2.75) is 39.2 Å². The molecule has 11 heavy (non-hydrogen) atoms. The molecule has 0 amide bonds. The van der Waals surface area contributed by atoms with E-state index in [0.717, 1.165) is 24.1 Å². The number of nitrogens with zero attached hydrogens (tertiary/aromatic N) is 1. The molecule has 1 aliphatic rings. The van der Waals surface area contributed by atoms with Crippen molar-refractivity contribution in [3.8, 4) is 6.07 Å². The Bertz CT molecular complexity index is 230. The first-order chi connectivity index (χ1) is 5.05. The third kappa shape index (κ3) is 1.74. The number of nitrogens with one attached hydrogen (secondary N) is 1. The van der Waals surface area contributed by atoms with Crippen LogP contribution in [0.5, 0.6) is 0 Å². The van der Waals surface area contributed by atoms with Crippen LogP contribution >= 0.6 is 0 Å². The maximum absolute atomic E-state index is 8.62. The molecule has 0 aromatic carbocycles. The molecule has 0 aromatic heterocycles. The van der Waals surface area contributed by atoms with E-state index in [9.17, 15) is 0 Å². The van der Waals surface area contributed by atoms with Gasteiger partial charge in [0.2, 0.25) is 0 Å². The highest BCUT2D eigenvalue weighted by Gasteiger charge is 2.26. The highest BCUT2D eigenvalue weighted by atomic mass is 15.0. The third-order valence-corrected chi connectivity index (χ3v) is 2.11. The van der Waals surface area contributed by atoms with Crippen LogP contribution in [0, 0.1) is 11.3 Å². The Morgan fingerprint density at radius 3 is 2.64 bits per heavy atom. The standard InChI is InChI=1S/C9H14N2/c1-7(6-10)8-4-5-9(2,3)11-8/h11H,4-5H2,1-3H3/b8-7+. The fourth-order valence-corrected chi connectivity index (χ4v) is 1.32. The van der Waals surface area contributed by atoms with Crippen LogP contribution in [0.1, 0.15) is 33.6 Å². The lowest BCUT2D eigenvalue weighted by Crippen LogP contribution is -2.31. The molecular weight excluding hydrogens is 136 g/mol. The van der Waals surface area contributed by atoms with E-state index in [1.807, 2.05) is 6.92 Å². The van der Waals surface area contributed by atoms with E-state index in [0.29, 0.717) is 0 Å². The third-order valence-electron chi connectivity index (χ3n) is 2.11. The maximum Gasteiger partial charge on any atom is 0.0962 e. The molecule has 0 spiro atoms. The van der Waals surface area contributed by atoms with Gasteiger partial charge in [-0.2, -0.15) is 5.26 Å². The lowest BCUT2D eigenvalue weighted by molar-refractivity contribution is 0.470. The summed E-state index contributed by atoms with van der Waals surface area (Å²) in [5, 5.41) is 12.0. The fraction of sp³-hybridized carbons (Fsp3) is 0.667. The summed E-state index contributed by atoms with van der Waals surface area (Å²) in [6.07, 6.45) is 2.15. The van der Waals surface area contributed by atoms with Crippen LogP contribution in [-0.2, 0) is 0 Å². The van der Waals surface area contributed by atoms with E-state index >= 15 is 0 Å². The van der Waals surface area contributed by atoms with Gasteiger partial charge in [0.05, 0.1) is 6.07 Å². The summed E-state index contributed by atoms with van der Waals surface area (Å²) in [6, 6.07) is 2.16. The minimum Gasteiger partial charge on any atom is -0.383 e. The predicted octanol–water partition coefficient (Wildman–Crippen LogP) is 1.95. The van der Waals surface area contributed by atoms with Gasteiger partial charge in [-0.1, -0.05) is 0 Å². The molecule has 0 radical (unpaired) electrons. The van der Waals surface area contributed by atoms with Crippen LogP contribution in [0.2, 0.25) is 0 Å². The van der Waals surface area contributed by atoms with E-state index in [4.69, 9.17) is 5.26 Å². The Hall–Kier alpha value is -0.970. The van der Waals surface area contributed by atoms with Crippen LogP contribution in [-0.4, -0.2) is 5.54 Å². The summed E-state index contributed by atoms with van der Waals surface area (Å²) in [5.74, 6) is 0. The molecule has 0 atom stereocenters. The molecule has 1 heterocycles. The Balaban J connectivity index is 2.78. The molecule has 0 aliphatic carbocycles. The SMILES string of the molecule is C/C(C#N)=C1/CCC(C)(C)N1. The average Bonchev–Trinajstić information content (AvgIpc) is 2.29. The van der Waals surface area contributed by atoms with Gasteiger partial charge in [0.15, 0.2) is 0 Å². The molecule has 60 valence electrons. The second kappa shape index (κ2) is 2.58. The summed E-state index contributed by atoms with van der Waals surface area (Å²) >= 11 is 0. The number of hydrogen-bond acceptors (Lipinski definition) is 2. The zero-order valence-electron chi connectivity index (χ0n) is 7.36. The van der Waals surface area contributed by atoms with E-state index < -0.39 is 0 Å². The molecule has 0 aromatic rings. The zero-order valence-corrected chi connectivity index (χ0v) is 7.36. The molecule has 2 nitrogen and oxygen atoms in total. The van der Waals surface area contributed by atoms with Gasteiger partial charge in [-0.3, -0.25) is 0 Å². The Labute approximate surface area is 67.9 Å². The predicted molar refractivity (Wildman–Crippen MR) is 44.8 cm³/mol. The van der Waals surface area contributed by atoms with Crippen molar-refractivity contribution in [3.05, 3.63) is 11.3 Å². The number of rotatable bonds is 0. The molecule has 1 saturated heterocycles. The maximum atomic E-state index is 8.62. The van der Waals surface area contributed by atoms with E-state index in [1.54, 1.807) is 0 Å². The van der Waals surface area contributed by atoms with E-state index in [-0.39, 0.29) is 5.54 Å². The van der Waals surface area contributed by atoms with Gasteiger partial charge in [0, 0.05) is 16.8 Å². The molecule has 1 aliphatic heterocycles. The van der Waals surface area contributed by atoms with E-state index in [2.05, 4.69) is 25.2 Å². The molecular formula is C9H14N2. The van der Waals surface area contributed by atoms with Gasteiger partial charge >= 0.3 is 0 Å². The highest BCUT2D eigenvalue weighted by molar-refractivity contribution is 5.27. The van der Waals surface area contributed by atoms with Crippen LogP contribution in [0.3, 0.4) is 0 Å². The molecule has 0 unspecified atom stereocenters. The molecule has 1 rings (SSSR count). The second-order valence-electron chi connectivity index (χ2n) is 3.72. The van der Waals surface area contributed by atoms with E-state index in [1.165, 1.54) is 0 Å². The zero-order chi connectivity index (χ0) is 8.48. The fourth-order valence-electron chi connectivity index (χ4n) is 1.32. The lowest BCUT2D eigenvalue weighted by atomic mass is 10.0. The Morgan fingerprint density at radius 1 is 1.64 bits per heavy atom. The smallest absolute Gasteiger partial charge is 0.0962 e. The van der Waals surface area contributed by atoms with Gasteiger partial charge in [-0.25, -0.2) is 0 Å². The second-order valence-corrected chi connectivity index (χ2v) is 3.72. The quantitative estimate of drug-likeness (QED) is 0.536. The van der Waals surface area contributed by atoms with Crippen molar-refractivity contribution in [2.24, 2.45) is 0 Å². The monoisotopic (exact) mass is 150 g/mol. The number of hydrogen-bond donors (Lipinski definition) is 1. The van der Waals surface area contributed by atoms with Gasteiger partial charge in [0.1, 0.15) is 0 Å². The van der Waals surface area contributed by atoms with Crippen LogP contribution < -0.4 is 5.32 Å². The molecule has 1 N–H and O–H groups in total. The van der Waals surface area contributed by atoms with Crippen molar-refractivity contribution in [3.63, 3.8) is 0 Å². The number of nitriles is 1. The summed E-state index contributed by atoms with van der Waals surface area (Å²) in [4.78, 5) is 0. The van der Waals surface area contributed by atoms with Gasteiger partial charge in [0.25, 0.3) is 0 Å². The van der Waals surface area contributed by atoms with Crippen LogP contribution in [0.4, 0.5) is 0 Å². The van der Waals surface area contributed by atoms with Gasteiger partial charge in [-0.05, 0) is 33.6 Å². The van der Waals surface area contributed by atoms with Crippen molar-refractivity contribution in [2.75, 3.05) is 0 Å². The van der Waals surface area contributed by atoms with Crippen LogP contribution in [0.25, 0.3) is 0 Å². The van der Waals surface area contributed by atoms with Gasteiger partial charge in [-0.15, -0.1) is 0 Å². The summed E-state index contributed by atoms with van der Waals surface area (Å²) in [6.45, 7) is 6.18. The van der Waals surface area contributed by atoms with Crippen LogP contribution in [0.15, 0.2) is 11.3 Å². The highest BCUT2D eigenvalue weighted by Crippen LogP contribution is 2.26. The molecule has 2 heteroatoms. The van der Waals surface area contributed by atoms with Crippen molar-refractivity contribution in [1.82, 2.24) is 5.32 Å². The Morgan fingerprint density at radius 2 is 2.27 bits per heavy atom. The molecule has 0 bridgehead atoms. The minimum atomic E-state index is 0.188. The lowest BCUT2D eigenvalue weighted by Gasteiger charge is -2.17. The van der Waals surface area contributed by atoms with Crippen molar-refractivity contribution < 1.29 is 0 Å². The topological polar surface area (TPSA) is 35.8 Å². The first kappa shape index (κ1) is 8.13. The normalized spacial score (nSPS) is 25.6. The summed E-state index contributed by atoms with van der Waals surface area (Å²) in [5.41, 5.74) is 2.14. The molecule has 0 saturated carbocycles. The first-order valence-electron chi connectivity index (χ1n) is 3.93. The Kier molecular flexibility index (Phi) is 1.90. The van der Waals surface area contributed by atoms with Gasteiger partial charge < -0.3 is 5.32 Å². The largest absolute Gasteiger partial charge is 0.383 e. The summed E-state index contributed by atoms with van der Waals surface area (Å²) in [7, 11) is 0. The van der Waals surface area contributed by atoms with Crippen molar-refractivity contribution in [1.29, 1.82) is 5.26 Å².